The summed E-state index contributed by atoms with van der Waals surface area (Å²) >= 11 is 0. The van der Waals surface area contributed by atoms with Crippen LogP contribution in [0.25, 0.3) is 0 Å². The second-order valence-electron chi connectivity index (χ2n) is 6.48. The van der Waals surface area contributed by atoms with Gasteiger partial charge in [-0.2, -0.15) is 0 Å². The Balaban J connectivity index is 1.57. The number of anilines is 2. The molecule has 0 aromatic heterocycles. The van der Waals surface area contributed by atoms with Crippen LogP contribution in [0.3, 0.4) is 0 Å². The van der Waals surface area contributed by atoms with E-state index in [1.54, 1.807) is 6.07 Å². The summed E-state index contributed by atoms with van der Waals surface area (Å²) in [4.78, 5) is 24.5. The highest BCUT2D eigenvalue weighted by Gasteiger charge is 2.22. The number of carbonyl (C=O) groups is 2. The van der Waals surface area contributed by atoms with Crippen LogP contribution in [-0.4, -0.2) is 37.6 Å². The Kier molecular flexibility index (Phi) is 5.82. The van der Waals surface area contributed by atoms with Gasteiger partial charge in [0, 0.05) is 23.8 Å². The van der Waals surface area contributed by atoms with E-state index in [9.17, 15) is 9.59 Å². The first-order valence-electron chi connectivity index (χ1n) is 8.75. The lowest BCUT2D eigenvalue weighted by Gasteiger charge is -2.23. The summed E-state index contributed by atoms with van der Waals surface area (Å²) in [6, 6.07) is 6.95. The number of hydrogen-bond donors (Lipinski definition) is 3. The maximum Gasteiger partial charge on any atom is 0.243 e. The molecule has 2 aliphatic rings. The molecule has 130 valence electrons. The number of hydrogen-bond acceptors (Lipinski definition) is 4. The zero-order chi connectivity index (χ0) is 16.8. The number of morpholine rings is 1. The minimum Gasteiger partial charge on any atom is -0.378 e. The molecule has 1 aromatic carbocycles. The number of carbonyl (C=O) groups excluding carboxylic acids is 2. The number of amides is 2. The fourth-order valence-corrected chi connectivity index (χ4v) is 3.25. The molecule has 1 aromatic rings. The minimum atomic E-state index is -0.334. The summed E-state index contributed by atoms with van der Waals surface area (Å²) in [6.45, 7) is 1.69. The van der Waals surface area contributed by atoms with Crippen molar-refractivity contribution < 1.29 is 14.3 Å². The molecule has 3 rings (SSSR count). The molecule has 2 amide bonds. The van der Waals surface area contributed by atoms with Crippen LogP contribution in [0.4, 0.5) is 11.4 Å². The number of ether oxygens (including phenoxy) is 1. The Morgan fingerprint density at radius 3 is 2.42 bits per heavy atom. The molecule has 1 atom stereocenters. The van der Waals surface area contributed by atoms with E-state index in [1.807, 2.05) is 18.2 Å². The van der Waals surface area contributed by atoms with Crippen molar-refractivity contribution in [3.05, 3.63) is 24.3 Å². The molecule has 1 saturated carbocycles. The van der Waals surface area contributed by atoms with Crippen molar-refractivity contribution in [3.8, 4) is 0 Å². The van der Waals surface area contributed by atoms with Crippen LogP contribution in [0.2, 0.25) is 0 Å². The van der Waals surface area contributed by atoms with Crippen LogP contribution >= 0.6 is 0 Å². The third-order valence-electron chi connectivity index (χ3n) is 4.61. The number of benzene rings is 1. The molecule has 0 spiro atoms. The van der Waals surface area contributed by atoms with E-state index in [4.69, 9.17) is 4.74 Å². The van der Waals surface area contributed by atoms with E-state index in [1.165, 1.54) is 6.42 Å². The highest BCUT2D eigenvalue weighted by atomic mass is 16.5. The van der Waals surface area contributed by atoms with Gasteiger partial charge in [0.15, 0.2) is 0 Å². The van der Waals surface area contributed by atoms with Crippen molar-refractivity contribution in [1.29, 1.82) is 0 Å². The molecule has 1 aliphatic heterocycles. The van der Waals surface area contributed by atoms with Gasteiger partial charge in [-0.1, -0.05) is 25.3 Å². The minimum absolute atomic E-state index is 0.0838. The highest BCUT2D eigenvalue weighted by Crippen LogP contribution is 2.25. The monoisotopic (exact) mass is 331 g/mol. The van der Waals surface area contributed by atoms with Gasteiger partial charge in [-0.25, -0.2) is 0 Å². The van der Waals surface area contributed by atoms with E-state index in [0.717, 1.165) is 31.4 Å². The normalized spacial score (nSPS) is 21.9. The molecule has 1 saturated heterocycles. The van der Waals surface area contributed by atoms with Gasteiger partial charge in [-0.3, -0.25) is 9.59 Å². The van der Waals surface area contributed by atoms with Crippen LogP contribution in [0, 0.1) is 5.92 Å². The smallest absolute Gasteiger partial charge is 0.243 e. The predicted octanol–water partition coefficient (Wildman–Crippen LogP) is 2.13. The first kappa shape index (κ1) is 16.9. The second kappa shape index (κ2) is 8.26. The average Bonchev–Trinajstić information content (AvgIpc) is 2.63. The molecule has 6 nitrogen and oxygen atoms in total. The van der Waals surface area contributed by atoms with E-state index in [0.29, 0.717) is 25.4 Å². The van der Waals surface area contributed by atoms with Crippen molar-refractivity contribution in [2.24, 2.45) is 5.92 Å². The fourth-order valence-electron chi connectivity index (χ4n) is 3.25. The quantitative estimate of drug-likeness (QED) is 0.790. The Morgan fingerprint density at radius 2 is 1.75 bits per heavy atom. The van der Waals surface area contributed by atoms with Gasteiger partial charge in [0.2, 0.25) is 11.8 Å². The maximum atomic E-state index is 12.3. The summed E-state index contributed by atoms with van der Waals surface area (Å²) in [6.07, 6.45) is 5.42. The summed E-state index contributed by atoms with van der Waals surface area (Å²) in [5, 5.41) is 8.97. The Hall–Kier alpha value is -1.92. The molecule has 0 radical (unpaired) electrons. The lowest BCUT2D eigenvalue weighted by molar-refractivity contribution is -0.121. The van der Waals surface area contributed by atoms with Gasteiger partial charge < -0.3 is 20.7 Å². The number of nitrogens with one attached hydrogen (secondary N) is 3. The molecule has 0 bridgehead atoms. The van der Waals surface area contributed by atoms with Gasteiger partial charge in [0.05, 0.1) is 13.2 Å². The molecule has 1 heterocycles. The van der Waals surface area contributed by atoms with Gasteiger partial charge in [0.25, 0.3) is 0 Å². The van der Waals surface area contributed by atoms with Crippen LogP contribution in [0.15, 0.2) is 24.3 Å². The summed E-state index contributed by atoms with van der Waals surface area (Å²) in [7, 11) is 0. The molecule has 6 heteroatoms. The third-order valence-corrected chi connectivity index (χ3v) is 4.61. The third kappa shape index (κ3) is 4.55. The molecule has 1 aliphatic carbocycles. The average molecular weight is 331 g/mol. The lowest BCUT2D eigenvalue weighted by atomic mass is 9.88. The van der Waals surface area contributed by atoms with E-state index >= 15 is 0 Å². The van der Waals surface area contributed by atoms with Crippen LogP contribution in [0.1, 0.15) is 32.1 Å². The molecule has 1 unspecified atom stereocenters. The molecular formula is C18H25N3O3. The van der Waals surface area contributed by atoms with Crippen LogP contribution in [-0.2, 0) is 14.3 Å². The zero-order valence-corrected chi connectivity index (χ0v) is 13.8. The first-order valence-corrected chi connectivity index (χ1v) is 8.75. The van der Waals surface area contributed by atoms with Crippen LogP contribution in [0.5, 0.6) is 0 Å². The van der Waals surface area contributed by atoms with Crippen molar-refractivity contribution in [3.63, 3.8) is 0 Å². The Morgan fingerprint density at radius 1 is 1.04 bits per heavy atom. The van der Waals surface area contributed by atoms with Gasteiger partial charge in [-0.15, -0.1) is 0 Å². The summed E-state index contributed by atoms with van der Waals surface area (Å²) in [5.41, 5.74) is 1.39. The molecular weight excluding hydrogens is 306 g/mol. The van der Waals surface area contributed by atoms with Crippen molar-refractivity contribution in [2.75, 3.05) is 30.4 Å². The molecule has 24 heavy (non-hydrogen) atoms. The predicted molar refractivity (Wildman–Crippen MR) is 92.9 cm³/mol. The summed E-state index contributed by atoms with van der Waals surface area (Å²) in [5.74, 6) is 0.0755. The van der Waals surface area contributed by atoms with Gasteiger partial charge in [0.1, 0.15) is 6.04 Å². The van der Waals surface area contributed by atoms with E-state index in [-0.39, 0.29) is 23.8 Å². The lowest BCUT2D eigenvalue weighted by Crippen LogP contribution is -2.48. The summed E-state index contributed by atoms with van der Waals surface area (Å²) < 4.78 is 5.30. The van der Waals surface area contributed by atoms with E-state index < -0.39 is 0 Å². The Bertz CT molecular complexity index is 531. The van der Waals surface area contributed by atoms with Crippen molar-refractivity contribution in [1.82, 2.24) is 5.32 Å². The topological polar surface area (TPSA) is 79.5 Å². The fraction of sp³-hybridized carbons (Fsp3) is 0.556. The SMILES string of the molecule is O=C(Nc1cccc(NC(=O)C2COCCN2)c1)C1CCCCC1. The zero-order valence-electron chi connectivity index (χ0n) is 13.8. The van der Waals surface area contributed by atoms with Crippen molar-refractivity contribution >= 4 is 23.2 Å². The van der Waals surface area contributed by atoms with Crippen LogP contribution < -0.4 is 16.0 Å². The van der Waals surface area contributed by atoms with Crippen molar-refractivity contribution in [2.45, 2.75) is 38.1 Å². The standard InChI is InChI=1S/C18H25N3O3/c22-17(13-5-2-1-3-6-13)20-14-7-4-8-15(11-14)21-18(23)16-12-24-10-9-19-16/h4,7-8,11,13,16,19H,1-3,5-6,9-10,12H2,(H,20,22)(H,21,23). The highest BCUT2D eigenvalue weighted by molar-refractivity contribution is 5.97. The molecule has 2 fully saturated rings. The second-order valence-corrected chi connectivity index (χ2v) is 6.48. The first-order chi connectivity index (χ1) is 11.7. The largest absolute Gasteiger partial charge is 0.378 e. The Labute approximate surface area is 142 Å². The van der Waals surface area contributed by atoms with Gasteiger partial charge in [-0.05, 0) is 31.0 Å². The maximum absolute atomic E-state index is 12.3. The number of rotatable bonds is 4. The van der Waals surface area contributed by atoms with E-state index in [2.05, 4.69) is 16.0 Å². The van der Waals surface area contributed by atoms with Gasteiger partial charge >= 0.3 is 0 Å². The molecule has 3 N–H and O–H groups in total.